The lowest BCUT2D eigenvalue weighted by molar-refractivity contribution is -0.116. The van der Waals surface area contributed by atoms with Crippen LogP contribution in [0.5, 0.6) is 5.75 Å². The fourth-order valence-electron chi connectivity index (χ4n) is 3.29. The van der Waals surface area contributed by atoms with Gasteiger partial charge in [0.1, 0.15) is 12.4 Å². The first-order chi connectivity index (χ1) is 10.6. The first-order valence-electron chi connectivity index (χ1n) is 8.11. The van der Waals surface area contributed by atoms with Crippen molar-refractivity contribution >= 4 is 27.5 Å². The fraction of sp³-hybridized carbons (Fsp3) is 0.588. The number of nitrogens with zero attached hydrogens (tertiary/aromatic N) is 2. The van der Waals surface area contributed by atoms with E-state index in [9.17, 15) is 4.79 Å². The van der Waals surface area contributed by atoms with E-state index >= 15 is 0 Å². The summed E-state index contributed by atoms with van der Waals surface area (Å²) < 4.78 is 6.95. The Morgan fingerprint density at radius 2 is 2.00 bits per heavy atom. The van der Waals surface area contributed by atoms with Crippen molar-refractivity contribution in [3.05, 3.63) is 22.2 Å². The standard InChI is InChI=1S/C17H23BrN2O2/c1-13(21)20-8-5-14-11-15(18)17(12-16(14)20)22-10-9-19-6-3-2-4-7-19/h11-12H,2-10H2,1H3. The number of anilines is 1. The van der Waals surface area contributed by atoms with Gasteiger partial charge in [-0.05, 0) is 59.9 Å². The highest BCUT2D eigenvalue weighted by Gasteiger charge is 2.24. The van der Waals surface area contributed by atoms with E-state index in [-0.39, 0.29) is 5.91 Å². The molecule has 4 nitrogen and oxygen atoms in total. The summed E-state index contributed by atoms with van der Waals surface area (Å²) in [7, 11) is 0. The Bertz CT molecular complexity index is 556. The smallest absolute Gasteiger partial charge is 0.223 e. The van der Waals surface area contributed by atoms with Crippen LogP contribution in [-0.4, -0.2) is 43.6 Å². The van der Waals surface area contributed by atoms with Crippen LogP contribution in [0.4, 0.5) is 5.69 Å². The van der Waals surface area contributed by atoms with Gasteiger partial charge >= 0.3 is 0 Å². The molecule has 5 heteroatoms. The number of hydrogen-bond acceptors (Lipinski definition) is 3. The van der Waals surface area contributed by atoms with Crippen molar-refractivity contribution in [2.75, 3.05) is 37.7 Å². The number of rotatable bonds is 4. The Labute approximate surface area is 140 Å². The number of hydrogen-bond donors (Lipinski definition) is 0. The topological polar surface area (TPSA) is 32.8 Å². The maximum Gasteiger partial charge on any atom is 0.223 e. The second-order valence-corrected chi connectivity index (χ2v) is 6.94. The molecule has 2 aliphatic rings. The van der Waals surface area contributed by atoms with E-state index in [0.717, 1.165) is 35.4 Å². The quantitative estimate of drug-likeness (QED) is 0.819. The zero-order chi connectivity index (χ0) is 15.5. The van der Waals surface area contributed by atoms with Gasteiger partial charge < -0.3 is 9.64 Å². The maximum absolute atomic E-state index is 11.7. The molecule has 1 saturated heterocycles. The highest BCUT2D eigenvalue weighted by atomic mass is 79.9. The van der Waals surface area contributed by atoms with Crippen LogP contribution >= 0.6 is 15.9 Å². The first kappa shape index (κ1) is 15.8. The number of carbonyl (C=O) groups excluding carboxylic acids is 1. The summed E-state index contributed by atoms with van der Waals surface area (Å²) in [6, 6.07) is 4.10. The SMILES string of the molecule is CC(=O)N1CCc2cc(Br)c(OCCN3CCCCC3)cc21. The maximum atomic E-state index is 11.7. The molecule has 0 saturated carbocycles. The summed E-state index contributed by atoms with van der Waals surface area (Å²) in [5, 5.41) is 0. The van der Waals surface area contributed by atoms with Gasteiger partial charge in [0, 0.05) is 26.1 Å². The molecule has 2 aliphatic heterocycles. The molecule has 0 aromatic heterocycles. The molecule has 0 bridgehead atoms. The summed E-state index contributed by atoms with van der Waals surface area (Å²) in [4.78, 5) is 16.0. The van der Waals surface area contributed by atoms with Crippen molar-refractivity contribution in [2.45, 2.75) is 32.6 Å². The van der Waals surface area contributed by atoms with Gasteiger partial charge in [0.05, 0.1) is 10.2 Å². The molecule has 3 rings (SSSR count). The summed E-state index contributed by atoms with van der Waals surface area (Å²) in [6.45, 7) is 6.43. The van der Waals surface area contributed by atoms with Crippen molar-refractivity contribution in [2.24, 2.45) is 0 Å². The largest absolute Gasteiger partial charge is 0.491 e. The van der Waals surface area contributed by atoms with E-state index in [1.807, 2.05) is 11.0 Å². The van der Waals surface area contributed by atoms with Gasteiger partial charge in [0.2, 0.25) is 5.91 Å². The van der Waals surface area contributed by atoms with Gasteiger partial charge in [0.25, 0.3) is 0 Å². The van der Waals surface area contributed by atoms with E-state index in [2.05, 4.69) is 26.9 Å². The summed E-state index contributed by atoms with van der Waals surface area (Å²) in [5.74, 6) is 0.934. The molecule has 0 spiro atoms. The second-order valence-electron chi connectivity index (χ2n) is 6.08. The number of piperidine rings is 1. The monoisotopic (exact) mass is 366 g/mol. The molecule has 22 heavy (non-hydrogen) atoms. The number of benzene rings is 1. The van der Waals surface area contributed by atoms with E-state index in [1.54, 1.807) is 6.92 Å². The molecule has 0 radical (unpaired) electrons. The third-order valence-electron chi connectivity index (χ3n) is 4.52. The molecule has 1 amide bonds. The van der Waals surface area contributed by atoms with Crippen molar-refractivity contribution in [3.8, 4) is 5.75 Å². The van der Waals surface area contributed by atoms with Crippen molar-refractivity contribution < 1.29 is 9.53 Å². The summed E-state index contributed by atoms with van der Waals surface area (Å²) in [6.07, 6.45) is 4.88. The minimum atomic E-state index is 0.0975. The van der Waals surface area contributed by atoms with E-state index in [0.29, 0.717) is 6.61 Å². The zero-order valence-electron chi connectivity index (χ0n) is 13.1. The molecule has 2 heterocycles. The predicted octanol–water partition coefficient (Wildman–Crippen LogP) is 3.22. The summed E-state index contributed by atoms with van der Waals surface area (Å²) >= 11 is 3.59. The fourth-order valence-corrected chi connectivity index (χ4v) is 3.80. The lowest BCUT2D eigenvalue weighted by Gasteiger charge is -2.26. The molecular weight excluding hydrogens is 344 g/mol. The van der Waals surface area contributed by atoms with Crippen LogP contribution in [-0.2, 0) is 11.2 Å². The van der Waals surface area contributed by atoms with Crippen LogP contribution in [0.1, 0.15) is 31.7 Å². The Morgan fingerprint density at radius 1 is 1.23 bits per heavy atom. The van der Waals surface area contributed by atoms with Crippen LogP contribution in [0.2, 0.25) is 0 Å². The van der Waals surface area contributed by atoms with E-state index in [1.165, 1.54) is 37.9 Å². The Kier molecular flexibility index (Phi) is 5.03. The Hall–Kier alpha value is -1.07. The van der Waals surface area contributed by atoms with Crippen molar-refractivity contribution in [1.29, 1.82) is 0 Å². The van der Waals surface area contributed by atoms with E-state index < -0.39 is 0 Å². The normalized spacial score (nSPS) is 18.4. The number of carbonyl (C=O) groups is 1. The third kappa shape index (κ3) is 3.46. The van der Waals surface area contributed by atoms with Crippen molar-refractivity contribution in [1.82, 2.24) is 4.90 Å². The molecule has 1 fully saturated rings. The lowest BCUT2D eigenvalue weighted by atomic mass is 10.1. The molecule has 0 unspecified atom stereocenters. The van der Waals surface area contributed by atoms with Gasteiger partial charge in [-0.15, -0.1) is 0 Å². The molecule has 1 aromatic rings. The number of ether oxygens (including phenoxy) is 1. The number of fused-ring (bicyclic) bond motifs is 1. The highest BCUT2D eigenvalue weighted by Crippen LogP contribution is 2.37. The zero-order valence-corrected chi connectivity index (χ0v) is 14.7. The van der Waals surface area contributed by atoms with Gasteiger partial charge in [-0.25, -0.2) is 0 Å². The molecular formula is C17H23BrN2O2. The highest BCUT2D eigenvalue weighted by molar-refractivity contribution is 9.10. The molecule has 0 atom stereocenters. The average Bonchev–Trinajstić information content (AvgIpc) is 2.91. The minimum absolute atomic E-state index is 0.0975. The van der Waals surface area contributed by atoms with Crippen LogP contribution in [0, 0.1) is 0 Å². The van der Waals surface area contributed by atoms with Gasteiger partial charge in [0.15, 0.2) is 0 Å². The number of halogens is 1. The van der Waals surface area contributed by atoms with Crippen LogP contribution in [0.15, 0.2) is 16.6 Å². The molecule has 0 N–H and O–H groups in total. The number of likely N-dealkylation sites (tertiary alicyclic amines) is 1. The first-order valence-corrected chi connectivity index (χ1v) is 8.90. The predicted molar refractivity (Wildman–Crippen MR) is 91.7 cm³/mol. The average molecular weight is 367 g/mol. The Morgan fingerprint density at radius 3 is 2.73 bits per heavy atom. The Balaban J connectivity index is 1.64. The summed E-state index contributed by atoms with van der Waals surface area (Å²) in [5.41, 5.74) is 2.22. The van der Waals surface area contributed by atoms with Crippen LogP contribution in [0.3, 0.4) is 0 Å². The third-order valence-corrected chi connectivity index (χ3v) is 5.14. The second kappa shape index (κ2) is 7.01. The van der Waals surface area contributed by atoms with Gasteiger partial charge in [-0.1, -0.05) is 6.42 Å². The van der Waals surface area contributed by atoms with Crippen LogP contribution in [0.25, 0.3) is 0 Å². The molecule has 120 valence electrons. The minimum Gasteiger partial charge on any atom is -0.491 e. The van der Waals surface area contributed by atoms with Crippen LogP contribution < -0.4 is 9.64 Å². The van der Waals surface area contributed by atoms with E-state index in [4.69, 9.17) is 4.74 Å². The van der Waals surface area contributed by atoms with Crippen molar-refractivity contribution in [3.63, 3.8) is 0 Å². The lowest BCUT2D eigenvalue weighted by Crippen LogP contribution is -2.33. The van der Waals surface area contributed by atoms with Gasteiger partial charge in [-0.3, -0.25) is 9.69 Å². The molecule has 1 aromatic carbocycles. The molecule has 0 aliphatic carbocycles. The number of amides is 1. The van der Waals surface area contributed by atoms with Gasteiger partial charge in [-0.2, -0.15) is 0 Å².